The van der Waals surface area contributed by atoms with Gasteiger partial charge in [-0.15, -0.1) is 0 Å². The summed E-state index contributed by atoms with van der Waals surface area (Å²) < 4.78 is 55.1. The molecule has 24 heavy (non-hydrogen) atoms. The Morgan fingerprint density at radius 3 is 2.42 bits per heavy atom. The van der Waals surface area contributed by atoms with E-state index in [0.717, 1.165) is 6.07 Å². The summed E-state index contributed by atoms with van der Waals surface area (Å²) in [6.45, 7) is 2.69. The molecule has 1 atom stereocenters. The number of halogens is 2. The molecule has 0 radical (unpaired) electrons. The van der Waals surface area contributed by atoms with E-state index in [1.165, 1.54) is 18.2 Å². The van der Waals surface area contributed by atoms with Crippen molar-refractivity contribution in [3.63, 3.8) is 0 Å². The molecule has 1 aromatic carbocycles. The first-order chi connectivity index (χ1) is 10.9. The van der Waals surface area contributed by atoms with Crippen molar-refractivity contribution < 1.29 is 26.7 Å². The number of likely N-dealkylation sites (N-methyl/N-ethyl adjacent to an activating group) is 1. The molecule has 0 saturated carbocycles. The molecule has 0 aliphatic rings. The summed E-state index contributed by atoms with van der Waals surface area (Å²) in [6, 6.07) is 3.86. The smallest absolute Gasteiger partial charge is 0.387 e. The summed E-state index contributed by atoms with van der Waals surface area (Å²) in [5.74, 6) is -1.02. The number of ether oxygens (including phenoxy) is 1. The first-order valence-electron chi connectivity index (χ1n) is 7.23. The summed E-state index contributed by atoms with van der Waals surface area (Å²) in [5, 5.41) is 2.77. The maximum atomic E-state index is 12.3. The van der Waals surface area contributed by atoms with E-state index < -0.39 is 28.6 Å². The lowest BCUT2D eigenvalue weighted by molar-refractivity contribution is -0.121. The van der Waals surface area contributed by atoms with Gasteiger partial charge in [-0.3, -0.25) is 4.79 Å². The van der Waals surface area contributed by atoms with Gasteiger partial charge in [0.1, 0.15) is 5.75 Å². The van der Waals surface area contributed by atoms with Crippen LogP contribution in [0.15, 0.2) is 29.2 Å². The second kappa shape index (κ2) is 7.89. The molecular formula is C15H22F2N2O4S. The lowest BCUT2D eigenvalue weighted by atomic mass is 9.88. The van der Waals surface area contributed by atoms with Crippen LogP contribution in [-0.2, 0) is 14.8 Å². The molecule has 0 saturated heterocycles. The molecule has 0 aliphatic heterocycles. The van der Waals surface area contributed by atoms with E-state index in [-0.39, 0.29) is 16.1 Å². The third kappa shape index (κ3) is 6.40. The molecule has 0 aliphatic carbocycles. The fourth-order valence-corrected chi connectivity index (χ4v) is 3.07. The van der Waals surface area contributed by atoms with Crippen LogP contribution in [0.1, 0.15) is 27.2 Å². The van der Waals surface area contributed by atoms with E-state index in [1.54, 1.807) is 7.05 Å². The van der Waals surface area contributed by atoms with Gasteiger partial charge in [0.15, 0.2) is 0 Å². The number of alkyl halides is 2. The first-order valence-corrected chi connectivity index (χ1v) is 8.72. The average molecular weight is 364 g/mol. The lowest BCUT2D eigenvalue weighted by Gasteiger charge is -2.24. The summed E-state index contributed by atoms with van der Waals surface area (Å²) in [4.78, 5) is 11.9. The van der Waals surface area contributed by atoms with Gasteiger partial charge in [0, 0.05) is 6.07 Å². The van der Waals surface area contributed by atoms with Gasteiger partial charge in [-0.25, -0.2) is 13.1 Å². The van der Waals surface area contributed by atoms with Crippen LogP contribution in [0.3, 0.4) is 0 Å². The van der Waals surface area contributed by atoms with E-state index in [9.17, 15) is 22.0 Å². The number of benzene rings is 1. The Bertz CT molecular complexity index is 672. The third-order valence-electron chi connectivity index (χ3n) is 3.06. The van der Waals surface area contributed by atoms with Crippen molar-refractivity contribution in [2.75, 3.05) is 7.05 Å². The third-order valence-corrected chi connectivity index (χ3v) is 4.40. The van der Waals surface area contributed by atoms with E-state index >= 15 is 0 Å². The predicted octanol–water partition coefficient (Wildman–Crippen LogP) is 2.12. The van der Waals surface area contributed by atoms with E-state index in [0.29, 0.717) is 6.42 Å². The number of amides is 1. The van der Waals surface area contributed by atoms with E-state index in [2.05, 4.69) is 10.1 Å². The normalized spacial score (nSPS) is 13.6. The molecule has 1 rings (SSSR count). The van der Waals surface area contributed by atoms with Gasteiger partial charge in [0.05, 0.1) is 10.9 Å². The Balaban J connectivity index is 2.94. The number of nitrogens with one attached hydrogen (secondary N) is 2. The molecule has 9 heteroatoms. The molecular weight excluding hydrogens is 342 g/mol. The second-order valence-corrected chi connectivity index (χ2v) is 8.11. The lowest BCUT2D eigenvalue weighted by Crippen LogP contribution is -2.46. The maximum Gasteiger partial charge on any atom is 0.387 e. The number of hydrogen-bond donors (Lipinski definition) is 2. The fraction of sp³-hybridized carbons (Fsp3) is 0.533. The number of hydrogen-bond acceptors (Lipinski definition) is 5. The molecule has 0 aromatic heterocycles. The highest BCUT2D eigenvalue weighted by atomic mass is 32.2. The number of sulfonamides is 1. The Morgan fingerprint density at radius 2 is 1.92 bits per heavy atom. The fourth-order valence-electron chi connectivity index (χ4n) is 2.02. The Labute approximate surface area is 140 Å². The van der Waals surface area contributed by atoms with Crippen molar-refractivity contribution >= 4 is 15.9 Å². The first kappa shape index (κ1) is 20.3. The molecule has 0 fully saturated rings. The van der Waals surface area contributed by atoms with Crippen LogP contribution in [0.5, 0.6) is 5.75 Å². The van der Waals surface area contributed by atoms with Gasteiger partial charge in [0.25, 0.3) is 15.9 Å². The highest BCUT2D eigenvalue weighted by molar-refractivity contribution is 7.90. The van der Waals surface area contributed by atoms with Gasteiger partial charge in [-0.05, 0) is 31.0 Å². The zero-order chi connectivity index (χ0) is 18.5. The molecule has 0 heterocycles. The molecule has 1 aromatic rings. The van der Waals surface area contributed by atoms with Gasteiger partial charge in [0.2, 0.25) is 0 Å². The Hall–Kier alpha value is -1.74. The van der Waals surface area contributed by atoms with Crippen molar-refractivity contribution in [1.82, 2.24) is 10.0 Å². The summed E-state index contributed by atoms with van der Waals surface area (Å²) in [7, 11) is -2.64. The minimum Gasteiger partial charge on any atom is -0.435 e. The summed E-state index contributed by atoms with van der Waals surface area (Å²) >= 11 is 0. The molecule has 1 unspecified atom stereocenters. The van der Waals surface area contributed by atoms with Crippen molar-refractivity contribution in [3.05, 3.63) is 24.3 Å². The number of rotatable bonds is 7. The van der Waals surface area contributed by atoms with E-state index in [1.807, 2.05) is 25.5 Å². The minimum absolute atomic E-state index is 0.195. The van der Waals surface area contributed by atoms with Crippen LogP contribution in [0, 0.1) is 5.41 Å². The van der Waals surface area contributed by atoms with Crippen LogP contribution in [-0.4, -0.2) is 34.0 Å². The highest BCUT2D eigenvalue weighted by Crippen LogP contribution is 2.22. The van der Waals surface area contributed by atoms with Crippen LogP contribution < -0.4 is 14.8 Å². The van der Waals surface area contributed by atoms with E-state index in [4.69, 9.17) is 0 Å². The van der Waals surface area contributed by atoms with Gasteiger partial charge >= 0.3 is 6.61 Å². The van der Waals surface area contributed by atoms with Crippen molar-refractivity contribution in [3.8, 4) is 5.75 Å². The quantitative estimate of drug-likeness (QED) is 0.774. The highest BCUT2D eigenvalue weighted by Gasteiger charge is 2.27. The van der Waals surface area contributed by atoms with Crippen LogP contribution in [0.4, 0.5) is 8.78 Å². The SMILES string of the molecule is CNC(CC(C)(C)C)C(=O)NS(=O)(=O)c1cccc(OC(F)F)c1. The van der Waals surface area contributed by atoms with Gasteiger partial charge in [-0.1, -0.05) is 26.8 Å². The zero-order valence-electron chi connectivity index (χ0n) is 14.0. The molecule has 0 bridgehead atoms. The van der Waals surface area contributed by atoms with Crippen molar-refractivity contribution in [1.29, 1.82) is 0 Å². The Kier molecular flexibility index (Phi) is 6.67. The van der Waals surface area contributed by atoms with Crippen molar-refractivity contribution in [2.24, 2.45) is 5.41 Å². The minimum atomic E-state index is -4.19. The number of carbonyl (C=O) groups excluding carboxylic acids is 1. The van der Waals surface area contributed by atoms with Crippen molar-refractivity contribution in [2.45, 2.75) is 44.7 Å². The monoisotopic (exact) mass is 364 g/mol. The average Bonchev–Trinajstić information content (AvgIpc) is 2.42. The van der Waals surface area contributed by atoms with Crippen LogP contribution >= 0.6 is 0 Å². The maximum absolute atomic E-state index is 12.3. The standard InChI is InChI=1S/C15H22F2N2O4S/c1-15(2,3)9-12(18-4)13(20)19-24(21,22)11-7-5-6-10(8-11)23-14(16)17/h5-8,12,14,18H,9H2,1-4H3,(H,19,20). The molecule has 2 N–H and O–H groups in total. The number of carbonyl (C=O) groups is 1. The van der Waals surface area contributed by atoms with Crippen LogP contribution in [0.2, 0.25) is 0 Å². The largest absolute Gasteiger partial charge is 0.435 e. The molecule has 0 spiro atoms. The summed E-state index contributed by atoms with van der Waals surface area (Å²) in [5.41, 5.74) is -0.195. The molecule has 1 amide bonds. The van der Waals surface area contributed by atoms with Gasteiger partial charge < -0.3 is 10.1 Å². The van der Waals surface area contributed by atoms with Gasteiger partial charge in [-0.2, -0.15) is 8.78 Å². The topological polar surface area (TPSA) is 84.5 Å². The molecule has 136 valence electrons. The zero-order valence-corrected chi connectivity index (χ0v) is 14.8. The predicted molar refractivity (Wildman–Crippen MR) is 85.3 cm³/mol. The summed E-state index contributed by atoms with van der Waals surface area (Å²) in [6.07, 6.45) is 0.416. The second-order valence-electron chi connectivity index (χ2n) is 6.43. The van der Waals surface area contributed by atoms with Crippen LogP contribution in [0.25, 0.3) is 0 Å². The Morgan fingerprint density at radius 1 is 1.29 bits per heavy atom. The molecule has 6 nitrogen and oxygen atoms in total.